The van der Waals surface area contributed by atoms with Crippen LogP contribution >= 0.6 is 34.9 Å². The number of thiazole rings is 1. The summed E-state index contributed by atoms with van der Waals surface area (Å²) in [5.74, 6) is -6.40. The number of alkyl halides is 3. The summed E-state index contributed by atoms with van der Waals surface area (Å²) in [4.78, 5) is 68.8. The third kappa shape index (κ3) is 6.45. The van der Waals surface area contributed by atoms with Gasteiger partial charge in [0, 0.05) is 16.9 Å². The Morgan fingerprint density at radius 2 is 2.05 bits per heavy atom. The second-order valence-electron chi connectivity index (χ2n) is 7.19. The second kappa shape index (κ2) is 11.9. The molecule has 3 amide bonds. The highest BCUT2D eigenvalue weighted by Gasteiger charge is 2.54. The van der Waals surface area contributed by atoms with E-state index in [2.05, 4.69) is 26.9 Å². The Kier molecular flexibility index (Phi) is 9.05. The highest BCUT2D eigenvalue weighted by molar-refractivity contribution is 8.02. The number of hydrogen-bond acceptors (Lipinski definition) is 11. The summed E-state index contributed by atoms with van der Waals surface area (Å²) >= 11 is 2.96. The van der Waals surface area contributed by atoms with Gasteiger partial charge in [-0.1, -0.05) is 11.7 Å². The van der Waals surface area contributed by atoms with Crippen molar-refractivity contribution < 1.29 is 52.2 Å². The zero-order valence-electron chi connectivity index (χ0n) is 18.7. The Morgan fingerprint density at radius 1 is 1.34 bits per heavy atom. The predicted octanol–water partition coefficient (Wildman–Crippen LogP) is 1.06. The topological polar surface area (TPSA) is 188 Å². The zero-order valence-corrected chi connectivity index (χ0v) is 21.1. The van der Waals surface area contributed by atoms with Crippen LogP contribution in [-0.4, -0.2) is 91.2 Å². The van der Waals surface area contributed by atoms with Gasteiger partial charge in [0.1, 0.15) is 22.8 Å². The van der Waals surface area contributed by atoms with Crippen LogP contribution in [0, 0.1) is 0 Å². The number of aliphatic carboxylic acids is 2. The van der Waals surface area contributed by atoms with Crippen LogP contribution in [0.1, 0.15) is 5.69 Å². The van der Waals surface area contributed by atoms with Gasteiger partial charge in [-0.15, -0.1) is 34.9 Å². The number of aromatic nitrogens is 1. The Bertz CT molecular complexity index is 1250. The van der Waals surface area contributed by atoms with Crippen LogP contribution in [0.4, 0.5) is 18.3 Å². The quantitative estimate of drug-likeness (QED) is 0.163. The van der Waals surface area contributed by atoms with Crippen molar-refractivity contribution in [3.8, 4) is 0 Å². The molecule has 3 rings (SSSR count). The Hall–Kier alpha value is -3.58. The third-order valence-electron chi connectivity index (χ3n) is 4.70. The predicted molar refractivity (Wildman–Crippen MR) is 129 cm³/mol. The summed E-state index contributed by atoms with van der Waals surface area (Å²) < 4.78 is 37.5. The molecule has 13 nitrogen and oxygen atoms in total. The number of fused-ring (bicyclic) bond motifs is 1. The first-order valence-electron chi connectivity index (χ1n) is 10.0. The van der Waals surface area contributed by atoms with Gasteiger partial charge in [-0.05, 0) is 11.0 Å². The molecular weight excluding hydrogens is 579 g/mol. The number of amides is 3. The summed E-state index contributed by atoms with van der Waals surface area (Å²) in [6.45, 7) is 2.57. The van der Waals surface area contributed by atoms with E-state index in [1.165, 1.54) is 34.2 Å². The molecule has 1 saturated heterocycles. The number of nitrogens with one attached hydrogen (secondary N) is 2. The fourth-order valence-electron chi connectivity index (χ4n) is 3.13. The SMILES string of the molecule is C=CSCC1=C(C(=O)O)N2C(=O)C(NC(=O)/C(=N\OCC(=O)O)c3csc(NC(=O)C(F)(F)F)n3)[C@H]2SC1. The zero-order chi connectivity index (χ0) is 28.2. The van der Waals surface area contributed by atoms with Gasteiger partial charge in [0.2, 0.25) is 6.61 Å². The largest absolute Gasteiger partial charge is 0.479 e. The lowest BCUT2D eigenvalue weighted by Crippen LogP contribution is -2.71. The molecule has 1 aromatic heterocycles. The number of hydrogen-bond donors (Lipinski definition) is 4. The molecule has 19 heteroatoms. The molecule has 2 aliphatic rings. The number of oxime groups is 1. The lowest BCUT2D eigenvalue weighted by Gasteiger charge is -2.49. The molecule has 2 aliphatic heterocycles. The molecule has 204 valence electrons. The fraction of sp³-hybridized carbons (Fsp3) is 0.316. The molecule has 0 saturated carbocycles. The Morgan fingerprint density at radius 3 is 2.66 bits per heavy atom. The summed E-state index contributed by atoms with van der Waals surface area (Å²) in [6.07, 6.45) is -5.20. The van der Waals surface area contributed by atoms with Gasteiger partial charge in [0.15, 0.2) is 10.8 Å². The number of carbonyl (C=O) groups excluding carboxylic acids is 3. The van der Waals surface area contributed by atoms with E-state index in [9.17, 15) is 42.3 Å². The molecule has 2 atom stereocenters. The number of β-lactam (4-membered cyclic amide) rings is 1. The Balaban J connectivity index is 1.80. The molecule has 0 spiro atoms. The maximum atomic E-state index is 13.0. The minimum Gasteiger partial charge on any atom is -0.479 e. The fourth-order valence-corrected chi connectivity index (χ4v) is 5.85. The van der Waals surface area contributed by atoms with E-state index in [0.717, 1.165) is 10.3 Å². The molecule has 0 radical (unpaired) electrons. The third-order valence-corrected chi connectivity index (χ3v) is 7.54. The molecule has 0 aromatic carbocycles. The van der Waals surface area contributed by atoms with Crippen molar-refractivity contribution in [1.29, 1.82) is 0 Å². The number of rotatable bonds is 11. The van der Waals surface area contributed by atoms with E-state index in [1.54, 1.807) is 0 Å². The smallest absolute Gasteiger partial charge is 0.471 e. The van der Waals surface area contributed by atoms with Crippen molar-refractivity contribution in [1.82, 2.24) is 15.2 Å². The first kappa shape index (κ1) is 29.0. The van der Waals surface area contributed by atoms with Crippen LogP contribution in [0.5, 0.6) is 0 Å². The van der Waals surface area contributed by atoms with Gasteiger partial charge < -0.3 is 20.4 Å². The number of thioether (sulfide) groups is 2. The van der Waals surface area contributed by atoms with Crippen molar-refractivity contribution in [2.45, 2.75) is 17.6 Å². The first-order chi connectivity index (χ1) is 17.8. The van der Waals surface area contributed by atoms with Gasteiger partial charge in [-0.2, -0.15) is 13.2 Å². The van der Waals surface area contributed by atoms with Gasteiger partial charge in [-0.3, -0.25) is 24.6 Å². The number of anilines is 1. The van der Waals surface area contributed by atoms with E-state index in [0.29, 0.717) is 22.7 Å². The number of halogens is 3. The average molecular weight is 596 g/mol. The van der Waals surface area contributed by atoms with Crippen molar-refractivity contribution >= 4 is 75.4 Å². The molecule has 1 unspecified atom stereocenters. The summed E-state index contributed by atoms with van der Waals surface area (Å²) in [7, 11) is 0. The minimum absolute atomic E-state index is 0.207. The van der Waals surface area contributed by atoms with Crippen LogP contribution in [0.25, 0.3) is 0 Å². The molecule has 0 bridgehead atoms. The normalized spacial score (nSPS) is 19.3. The number of nitrogens with zero attached hydrogens (tertiary/aromatic N) is 3. The highest BCUT2D eigenvalue weighted by Crippen LogP contribution is 2.41. The monoisotopic (exact) mass is 595 g/mol. The van der Waals surface area contributed by atoms with Gasteiger partial charge in [-0.25, -0.2) is 14.6 Å². The van der Waals surface area contributed by atoms with Crippen LogP contribution < -0.4 is 10.6 Å². The molecule has 0 aliphatic carbocycles. The standard InChI is InChI=1S/C19H16F3N5O8S3/c1-2-36-4-7-5-37-15-11(14(31)27(15)12(7)16(32)33)24-13(30)10(26-35-3-9(28)29)8-6-38-18(23-8)25-17(34)19(20,21)22/h2,6,11,15H,1,3-5H2,(H,24,30)(H,28,29)(H,32,33)(H,23,25,34)/b26-10-/t11?,15-/m1/s1. The minimum atomic E-state index is -5.20. The average Bonchev–Trinajstić information content (AvgIpc) is 3.30. The van der Waals surface area contributed by atoms with Crippen molar-refractivity contribution in [3.63, 3.8) is 0 Å². The lowest BCUT2D eigenvalue weighted by molar-refractivity contribution is -0.167. The Labute approximate surface area is 223 Å². The van der Waals surface area contributed by atoms with Crippen molar-refractivity contribution in [2.24, 2.45) is 5.16 Å². The molecular formula is C19H16F3N5O8S3. The van der Waals surface area contributed by atoms with Gasteiger partial charge >= 0.3 is 24.0 Å². The van der Waals surface area contributed by atoms with Crippen LogP contribution in [0.3, 0.4) is 0 Å². The number of carboxylic acids is 2. The van der Waals surface area contributed by atoms with Gasteiger partial charge in [0.05, 0.1) is 0 Å². The van der Waals surface area contributed by atoms with Gasteiger partial charge in [0.25, 0.3) is 11.8 Å². The van der Waals surface area contributed by atoms with Crippen LogP contribution in [0.15, 0.2) is 33.8 Å². The second-order valence-corrected chi connectivity index (χ2v) is 10.1. The first-order valence-corrected chi connectivity index (χ1v) is 13.0. The molecule has 38 heavy (non-hydrogen) atoms. The molecule has 3 heterocycles. The van der Waals surface area contributed by atoms with Crippen molar-refractivity contribution in [3.05, 3.63) is 34.3 Å². The highest BCUT2D eigenvalue weighted by atomic mass is 32.2. The van der Waals surface area contributed by atoms with E-state index in [1.807, 2.05) is 0 Å². The summed E-state index contributed by atoms with van der Waals surface area (Å²) in [5.41, 5.74) is -0.798. The molecule has 4 N–H and O–H groups in total. The van der Waals surface area contributed by atoms with E-state index in [4.69, 9.17) is 5.11 Å². The number of carboxylic acid groups (broad SMARTS) is 2. The lowest BCUT2D eigenvalue weighted by atomic mass is 10.0. The maximum Gasteiger partial charge on any atom is 0.471 e. The van der Waals surface area contributed by atoms with E-state index in [-0.39, 0.29) is 17.1 Å². The molecule has 1 aromatic rings. The van der Waals surface area contributed by atoms with E-state index >= 15 is 0 Å². The summed E-state index contributed by atoms with van der Waals surface area (Å²) in [6, 6.07) is -1.21. The summed E-state index contributed by atoms with van der Waals surface area (Å²) in [5, 5.41) is 26.9. The van der Waals surface area contributed by atoms with Crippen LogP contribution in [-0.2, 0) is 28.8 Å². The van der Waals surface area contributed by atoms with E-state index < -0.39 is 64.7 Å². The molecule has 1 fully saturated rings. The number of carbonyl (C=O) groups is 5. The van der Waals surface area contributed by atoms with Crippen molar-refractivity contribution in [2.75, 3.05) is 23.4 Å². The van der Waals surface area contributed by atoms with Crippen LogP contribution in [0.2, 0.25) is 0 Å². The maximum absolute atomic E-state index is 13.0.